The number of nitrogens with one attached hydrogen (secondary N) is 2. The highest BCUT2D eigenvalue weighted by atomic mass is 16.5. The smallest absolute Gasteiger partial charge is 0.255 e. The summed E-state index contributed by atoms with van der Waals surface area (Å²) in [5.41, 5.74) is 1.90. The Morgan fingerprint density at radius 1 is 1.39 bits per heavy atom. The van der Waals surface area contributed by atoms with Gasteiger partial charge in [0.05, 0.1) is 30.1 Å². The van der Waals surface area contributed by atoms with Gasteiger partial charge in [0.15, 0.2) is 0 Å². The molecule has 4 N–H and O–H groups in total. The molecule has 0 radical (unpaired) electrons. The van der Waals surface area contributed by atoms with Gasteiger partial charge >= 0.3 is 0 Å². The molecule has 0 aliphatic carbocycles. The van der Waals surface area contributed by atoms with Gasteiger partial charge in [0, 0.05) is 12.2 Å². The van der Waals surface area contributed by atoms with Gasteiger partial charge in [-0.15, -0.1) is 0 Å². The van der Waals surface area contributed by atoms with Crippen molar-refractivity contribution in [2.75, 3.05) is 13.2 Å². The van der Waals surface area contributed by atoms with Crippen molar-refractivity contribution in [1.82, 2.24) is 15.5 Å². The van der Waals surface area contributed by atoms with Crippen molar-refractivity contribution in [1.29, 1.82) is 0 Å². The highest BCUT2D eigenvalue weighted by Gasteiger charge is 2.33. The van der Waals surface area contributed by atoms with Gasteiger partial charge in [-0.1, -0.05) is 30.3 Å². The fourth-order valence-electron chi connectivity index (χ4n) is 2.72. The van der Waals surface area contributed by atoms with Crippen LogP contribution in [-0.4, -0.2) is 57.8 Å². The fraction of sp³-hybridized carbons (Fsp3) is 0.375. The minimum atomic E-state index is -0.940. The fourth-order valence-corrected chi connectivity index (χ4v) is 2.72. The van der Waals surface area contributed by atoms with E-state index in [1.807, 2.05) is 30.3 Å². The van der Waals surface area contributed by atoms with E-state index in [1.165, 1.54) is 6.20 Å². The quantitative estimate of drug-likeness (QED) is 0.649. The Balaban J connectivity index is 1.76. The predicted molar refractivity (Wildman–Crippen MR) is 82.7 cm³/mol. The molecule has 122 valence electrons. The van der Waals surface area contributed by atoms with Crippen LogP contribution in [0.5, 0.6) is 0 Å². The number of benzene rings is 1. The lowest BCUT2D eigenvalue weighted by molar-refractivity contribution is -0.107. The molecule has 0 unspecified atom stereocenters. The minimum Gasteiger partial charge on any atom is -0.394 e. The van der Waals surface area contributed by atoms with E-state index in [0.29, 0.717) is 24.3 Å². The molecule has 3 rings (SSSR count). The molecule has 1 aromatic heterocycles. The van der Waals surface area contributed by atoms with Crippen LogP contribution in [0.15, 0.2) is 36.5 Å². The summed E-state index contributed by atoms with van der Waals surface area (Å²) in [4.78, 5) is 12.5. The molecule has 1 aliphatic heterocycles. The van der Waals surface area contributed by atoms with Gasteiger partial charge in [-0.2, -0.15) is 5.10 Å². The van der Waals surface area contributed by atoms with Gasteiger partial charge in [0.25, 0.3) is 5.91 Å². The van der Waals surface area contributed by atoms with Crippen molar-refractivity contribution < 1.29 is 19.7 Å². The Labute approximate surface area is 133 Å². The average Bonchev–Trinajstić information content (AvgIpc) is 3.07. The van der Waals surface area contributed by atoms with Gasteiger partial charge in [0.2, 0.25) is 0 Å². The lowest BCUT2D eigenvalue weighted by Crippen LogP contribution is -2.54. The summed E-state index contributed by atoms with van der Waals surface area (Å²) in [6, 6.07) is 8.96. The number of hydrogen-bond acceptors (Lipinski definition) is 5. The number of nitrogens with zero attached hydrogens (tertiary/aromatic N) is 1. The third-order valence-corrected chi connectivity index (χ3v) is 4.00. The number of H-pyrrole nitrogens is 1. The van der Waals surface area contributed by atoms with Crippen LogP contribution in [-0.2, 0) is 4.74 Å². The van der Waals surface area contributed by atoms with Crippen LogP contribution in [0.25, 0.3) is 11.3 Å². The molecule has 7 heteroatoms. The maximum atomic E-state index is 12.5. The molecule has 0 bridgehead atoms. The number of aromatic amines is 1. The van der Waals surface area contributed by atoms with Crippen molar-refractivity contribution >= 4 is 5.91 Å². The Kier molecular flexibility index (Phi) is 4.71. The number of rotatable bonds is 4. The highest BCUT2D eigenvalue weighted by molar-refractivity contribution is 5.99. The highest BCUT2D eigenvalue weighted by Crippen LogP contribution is 2.21. The summed E-state index contributed by atoms with van der Waals surface area (Å²) in [6.45, 7) is 0.0959. The Bertz CT molecular complexity index is 658. The monoisotopic (exact) mass is 317 g/mol. The van der Waals surface area contributed by atoms with E-state index in [-0.39, 0.29) is 12.5 Å². The molecular formula is C16H19N3O4. The van der Waals surface area contributed by atoms with Gasteiger partial charge in [-0.05, 0) is 6.42 Å². The van der Waals surface area contributed by atoms with Crippen molar-refractivity contribution in [3.8, 4) is 11.3 Å². The third kappa shape index (κ3) is 3.26. The van der Waals surface area contributed by atoms with E-state index in [4.69, 9.17) is 4.74 Å². The van der Waals surface area contributed by atoms with Crippen molar-refractivity contribution in [3.63, 3.8) is 0 Å². The minimum absolute atomic E-state index is 0.283. The first-order valence-corrected chi connectivity index (χ1v) is 7.51. The van der Waals surface area contributed by atoms with E-state index in [0.717, 1.165) is 5.56 Å². The molecule has 0 saturated carbocycles. The van der Waals surface area contributed by atoms with E-state index in [1.54, 1.807) is 0 Å². The molecule has 7 nitrogen and oxygen atoms in total. The number of aliphatic hydroxyl groups excluding tert-OH is 2. The van der Waals surface area contributed by atoms with Crippen LogP contribution >= 0.6 is 0 Å². The van der Waals surface area contributed by atoms with Crippen molar-refractivity contribution in [2.45, 2.75) is 24.7 Å². The van der Waals surface area contributed by atoms with Gasteiger partial charge in [0.1, 0.15) is 12.2 Å². The second-order valence-electron chi connectivity index (χ2n) is 5.48. The van der Waals surface area contributed by atoms with Gasteiger partial charge in [-0.25, -0.2) is 0 Å². The zero-order valence-electron chi connectivity index (χ0n) is 12.5. The molecule has 1 fully saturated rings. The summed E-state index contributed by atoms with van der Waals surface area (Å²) in [5, 5.41) is 28.9. The molecule has 2 aromatic rings. The molecule has 3 atom stereocenters. The summed E-state index contributed by atoms with van der Waals surface area (Å²) < 4.78 is 5.27. The first-order valence-electron chi connectivity index (χ1n) is 7.51. The number of aliphatic hydroxyl groups is 2. The zero-order valence-corrected chi connectivity index (χ0v) is 12.5. The maximum Gasteiger partial charge on any atom is 0.255 e. The molecule has 1 saturated heterocycles. The van der Waals surface area contributed by atoms with Crippen LogP contribution in [0, 0.1) is 0 Å². The molecular weight excluding hydrogens is 298 g/mol. The number of ether oxygens (including phenoxy) is 1. The largest absolute Gasteiger partial charge is 0.394 e. The standard InChI is InChI=1S/C16H19N3O4/c20-9-13-15(21)12(6-7-23-13)18-16(22)11-8-17-19-14(11)10-4-2-1-3-5-10/h1-5,8,12-13,15,20-21H,6-7,9H2,(H,17,19)(H,18,22)/t12-,13+,15-/m0/s1. The van der Waals surface area contributed by atoms with E-state index in [2.05, 4.69) is 15.5 Å². The summed E-state index contributed by atoms with van der Waals surface area (Å²) >= 11 is 0. The molecule has 23 heavy (non-hydrogen) atoms. The number of hydrogen-bond donors (Lipinski definition) is 4. The van der Waals surface area contributed by atoms with Crippen LogP contribution < -0.4 is 5.32 Å². The molecule has 1 aliphatic rings. The van der Waals surface area contributed by atoms with E-state index < -0.39 is 18.2 Å². The first kappa shape index (κ1) is 15.7. The molecule has 1 amide bonds. The number of aromatic nitrogens is 2. The van der Waals surface area contributed by atoms with Crippen LogP contribution in [0.1, 0.15) is 16.8 Å². The van der Waals surface area contributed by atoms with Crippen LogP contribution in [0.4, 0.5) is 0 Å². The maximum absolute atomic E-state index is 12.5. The summed E-state index contributed by atoms with van der Waals surface area (Å²) in [5.74, 6) is -0.319. The lowest BCUT2D eigenvalue weighted by atomic mass is 9.99. The summed E-state index contributed by atoms with van der Waals surface area (Å²) in [7, 11) is 0. The second kappa shape index (κ2) is 6.91. The number of carbonyl (C=O) groups excluding carboxylic acids is 1. The molecule has 1 aromatic carbocycles. The predicted octanol–water partition coefficient (Wildman–Crippen LogP) is 0.317. The van der Waals surface area contributed by atoms with E-state index >= 15 is 0 Å². The van der Waals surface area contributed by atoms with Crippen LogP contribution in [0.3, 0.4) is 0 Å². The first-order chi connectivity index (χ1) is 11.2. The Morgan fingerprint density at radius 2 is 2.17 bits per heavy atom. The lowest BCUT2D eigenvalue weighted by Gasteiger charge is -2.34. The summed E-state index contributed by atoms with van der Waals surface area (Å²) in [6.07, 6.45) is 0.339. The van der Waals surface area contributed by atoms with Gasteiger partial charge in [-0.3, -0.25) is 9.89 Å². The van der Waals surface area contributed by atoms with Crippen molar-refractivity contribution in [2.24, 2.45) is 0 Å². The van der Waals surface area contributed by atoms with Gasteiger partial charge < -0.3 is 20.3 Å². The molecule has 2 heterocycles. The van der Waals surface area contributed by atoms with Crippen LogP contribution in [0.2, 0.25) is 0 Å². The Hall–Kier alpha value is -2.22. The number of amides is 1. The Morgan fingerprint density at radius 3 is 2.91 bits per heavy atom. The SMILES string of the molecule is O=C(N[C@H]1CCO[C@H](CO)[C@H]1O)c1cn[nH]c1-c1ccccc1. The average molecular weight is 317 g/mol. The second-order valence-corrected chi connectivity index (χ2v) is 5.48. The number of carbonyl (C=O) groups is 1. The third-order valence-electron chi connectivity index (χ3n) is 4.00. The van der Waals surface area contributed by atoms with Crippen molar-refractivity contribution in [3.05, 3.63) is 42.1 Å². The normalized spacial score (nSPS) is 24.3. The zero-order chi connectivity index (χ0) is 16.2. The molecule has 0 spiro atoms. The van der Waals surface area contributed by atoms with E-state index in [9.17, 15) is 15.0 Å². The topological polar surface area (TPSA) is 107 Å².